The minimum absolute atomic E-state index is 0.0151. The number of hydrogen-bond acceptors (Lipinski definition) is 3. The molecule has 4 heteroatoms. The molecule has 0 saturated carbocycles. The molecular formula is C9H12FNO2. The number of nitrogen functional groups attached to an aromatic ring is 1. The lowest BCUT2D eigenvalue weighted by molar-refractivity contribution is 0.299. The smallest absolute Gasteiger partial charge is 0.167 e. The predicted octanol–water partition coefficient (Wildman–Crippen LogP) is 1.90. The summed E-state index contributed by atoms with van der Waals surface area (Å²) in [5.74, 6) is -0.676. The quantitative estimate of drug-likeness (QED) is 0.558. The lowest BCUT2D eigenvalue weighted by Crippen LogP contribution is -1.98. The van der Waals surface area contributed by atoms with Gasteiger partial charge in [0.05, 0.1) is 12.3 Å². The topological polar surface area (TPSA) is 55.5 Å². The Labute approximate surface area is 75.9 Å². The molecule has 1 rings (SSSR count). The molecule has 0 aliphatic carbocycles. The van der Waals surface area contributed by atoms with Gasteiger partial charge in [0.15, 0.2) is 11.6 Å². The Bertz CT molecular complexity index is 302. The molecule has 0 amide bonds. The van der Waals surface area contributed by atoms with Crippen molar-refractivity contribution in [3.63, 3.8) is 0 Å². The summed E-state index contributed by atoms with van der Waals surface area (Å²) >= 11 is 0. The van der Waals surface area contributed by atoms with Crippen molar-refractivity contribution in [1.29, 1.82) is 0 Å². The van der Waals surface area contributed by atoms with E-state index in [1.165, 1.54) is 6.07 Å². The fraction of sp³-hybridized carbons (Fsp3) is 0.333. The van der Waals surface area contributed by atoms with Crippen LogP contribution in [-0.2, 0) is 0 Å². The molecule has 0 heterocycles. The first-order chi connectivity index (χ1) is 6.15. The number of aromatic hydroxyl groups is 1. The average Bonchev–Trinajstić information content (AvgIpc) is 2.09. The van der Waals surface area contributed by atoms with Crippen molar-refractivity contribution < 1.29 is 14.2 Å². The number of halogens is 1. The summed E-state index contributed by atoms with van der Waals surface area (Å²) in [6.45, 7) is 2.33. The highest BCUT2D eigenvalue weighted by Gasteiger charge is 2.07. The van der Waals surface area contributed by atoms with Crippen LogP contribution < -0.4 is 10.5 Å². The van der Waals surface area contributed by atoms with Crippen LogP contribution in [-0.4, -0.2) is 11.7 Å². The Morgan fingerprint density at radius 3 is 2.85 bits per heavy atom. The van der Waals surface area contributed by atoms with Gasteiger partial charge in [-0.1, -0.05) is 6.92 Å². The van der Waals surface area contributed by atoms with Gasteiger partial charge in [-0.15, -0.1) is 0 Å². The van der Waals surface area contributed by atoms with Crippen LogP contribution in [0.1, 0.15) is 13.3 Å². The van der Waals surface area contributed by atoms with Gasteiger partial charge in [-0.25, -0.2) is 4.39 Å². The Balaban J connectivity index is 2.88. The number of rotatable bonds is 3. The molecule has 0 spiro atoms. The lowest BCUT2D eigenvalue weighted by Gasteiger charge is -2.07. The van der Waals surface area contributed by atoms with Crippen molar-refractivity contribution in [3.05, 3.63) is 17.9 Å². The summed E-state index contributed by atoms with van der Waals surface area (Å²) in [5, 5.41) is 9.15. The molecule has 0 radical (unpaired) electrons. The normalized spacial score (nSPS) is 10.0. The number of anilines is 1. The second-order valence-corrected chi connectivity index (χ2v) is 2.69. The highest BCUT2D eigenvalue weighted by molar-refractivity contribution is 5.55. The van der Waals surface area contributed by atoms with Crippen LogP contribution >= 0.6 is 0 Å². The Kier molecular flexibility index (Phi) is 2.95. The Morgan fingerprint density at radius 1 is 1.54 bits per heavy atom. The molecule has 1 aromatic carbocycles. The van der Waals surface area contributed by atoms with Gasteiger partial charge < -0.3 is 15.6 Å². The lowest BCUT2D eigenvalue weighted by atomic mass is 10.2. The molecule has 0 fully saturated rings. The average molecular weight is 185 g/mol. The molecular weight excluding hydrogens is 173 g/mol. The van der Waals surface area contributed by atoms with Crippen molar-refractivity contribution in [2.24, 2.45) is 0 Å². The van der Waals surface area contributed by atoms with Gasteiger partial charge in [0.2, 0.25) is 0 Å². The number of benzene rings is 1. The molecule has 0 aliphatic heterocycles. The van der Waals surface area contributed by atoms with Gasteiger partial charge in [0, 0.05) is 12.1 Å². The van der Waals surface area contributed by atoms with Crippen LogP contribution in [0.5, 0.6) is 11.5 Å². The molecule has 0 unspecified atom stereocenters. The van der Waals surface area contributed by atoms with Crippen molar-refractivity contribution in [1.82, 2.24) is 0 Å². The van der Waals surface area contributed by atoms with Gasteiger partial charge in [-0.3, -0.25) is 0 Å². The van der Waals surface area contributed by atoms with Gasteiger partial charge >= 0.3 is 0 Å². The minimum Gasteiger partial charge on any atom is -0.506 e. The number of hydrogen-bond donors (Lipinski definition) is 2. The maximum atomic E-state index is 13.0. The highest BCUT2D eigenvalue weighted by atomic mass is 19.1. The fourth-order valence-corrected chi connectivity index (χ4v) is 0.881. The molecule has 0 aliphatic rings. The molecule has 1 aromatic rings. The summed E-state index contributed by atoms with van der Waals surface area (Å²) < 4.78 is 18.1. The van der Waals surface area contributed by atoms with E-state index in [1.807, 2.05) is 6.92 Å². The van der Waals surface area contributed by atoms with Crippen molar-refractivity contribution in [2.75, 3.05) is 12.3 Å². The molecule has 0 aromatic heterocycles. The largest absolute Gasteiger partial charge is 0.506 e. The zero-order chi connectivity index (χ0) is 9.84. The second-order valence-electron chi connectivity index (χ2n) is 2.69. The third kappa shape index (κ3) is 2.24. The van der Waals surface area contributed by atoms with Crippen LogP contribution in [0, 0.1) is 5.82 Å². The standard InChI is InChI=1S/C9H12FNO2/c1-2-3-13-9-5-8(12)7(11)4-6(9)10/h4-5,12H,2-3,11H2,1H3. The van der Waals surface area contributed by atoms with E-state index in [1.54, 1.807) is 0 Å². The Hall–Kier alpha value is -1.45. The molecule has 0 bridgehead atoms. The van der Waals surface area contributed by atoms with E-state index < -0.39 is 5.82 Å². The van der Waals surface area contributed by atoms with Gasteiger partial charge in [0.25, 0.3) is 0 Å². The molecule has 13 heavy (non-hydrogen) atoms. The monoisotopic (exact) mass is 185 g/mol. The summed E-state index contributed by atoms with van der Waals surface area (Å²) in [5.41, 5.74) is 5.29. The summed E-state index contributed by atoms with van der Waals surface area (Å²) in [4.78, 5) is 0. The van der Waals surface area contributed by atoms with E-state index in [9.17, 15) is 4.39 Å². The van der Waals surface area contributed by atoms with E-state index in [-0.39, 0.29) is 17.2 Å². The van der Waals surface area contributed by atoms with Crippen LogP contribution in [0.2, 0.25) is 0 Å². The first-order valence-corrected chi connectivity index (χ1v) is 4.06. The SMILES string of the molecule is CCCOc1cc(O)c(N)cc1F. The predicted molar refractivity (Wildman–Crippen MR) is 48.3 cm³/mol. The first kappa shape index (κ1) is 9.64. The number of phenols is 1. The van der Waals surface area contributed by atoms with Gasteiger partial charge in [0.1, 0.15) is 5.75 Å². The molecule has 3 N–H and O–H groups in total. The minimum atomic E-state index is -0.552. The van der Waals surface area contributed by atoms with Crippen LogP contribution in [0.3, 0.4) is 0 Å². The number of ether oxygens (including phenoxy) is 1. The summed E-state index contributed by atoms with van der Waals surface area (Å²) in [6, 6.07) is 2.22. The van der Waals surface area contributed by atoms with E-state index >= 15 is 0 Å². The molecule has 3 nitrogen and oxygen atoms in total. The highest BCUT2D eigenvalue weighted by Crippen LogP contribution is 2.28. The molecule has 72 valence electrons. The Morgan fingerprint density at radius 2 is 2.23 bits per heavy atom. The van der Waals surface area contributed by atoms with Gasteiger partial charge in [-0.05, 0) is 6.42 Å². The first-order valence-electron chi connectivity index (χ1n) is 4.06. The third-order valence-corrected chi connectivity index (χ3v) is 1.54. The fourth-order valence-electron chi connectivity index (χ4n) is 0.881. The third-order valence-electron chi connectivity index (χ3n) is 1.54. The summed E-state index contributed by atoms with van der Waals surface area (Å²) in [7, 11) is 0. The van der Waals surface area contributed by atoms with Crippen LogP contribution in [0.4, 0.5) is 10.1 Å². The number of nitrogens with two attached hydrogens (primary N) is 1. The van der Waals surface area contributed by atoms with Crippen LogP contribution in [0.15, 0.2) is 12.1 Å². The van der Waals surface area contributed by atoms with E-state index in [2.05, 4.69) is 0 Å². The van der Waals surface area contributed by atoms with Crippen molar-refractivity contribution >= 4 is 5.69 Å². The van der Waals surface area contributed by atoms with Crippen molar-refractivity contribution in [3.8, 4) is 11.5 Å². The maximum Gasteiger partial charge on any atom is 0.167 e. The number of phenolic OH excluding ortho intramolecular Hbond substituents is 1. The zero-order valence-electron chi connectivity index (χ0n) is 7.38. The van der Waals surface area contributed by atoms with E-state index in [4.69, 9.17) is 15.6 Å². The van der Waals surface area contributed by atoms with Gasteiger partial charge in [-0.2, -0.15) is 0 Å². The van der Waals surface area contributed by atoms with Crippen molar-refractivity contribution in [2.45, 2.75) is 13.3 Å². The second kappa shape index (κ2) is 3.98. The zero-order valence-corrected chi connectivity index (χ0v) is 7.38. The van der Waals surface area contributed by atoms with E-state index in [0.29, 0.717) is 6.61 Å². The summed E-state index contributed by atoms with van der Waals surface area (Å²) in [6.07, 6.45) is 0.782. The maximum absolute atomic E-state index is 13.0. The molecule has 0 atom stereocenters. The van der Waals surface area contributed by atoms with E-state index in [0.717, 1.165) is 12.5 Å². The molecule has 0 saturated heterocycles. The van der Waals surface area contributed by atoms with Crippen LogP contribution in [0.25, 0.3) is 0 Å².